The van der Waals surface area contributed by atoms with Gasteiger partial charge in [0.05, 0.1) is 40.2 Å². The van der Waals surface area contributed by atoms with Crippen LogP contribution in [0.15, 0.2) is 18.2 Å². The Morgan fingerprint density at radius 1 is 1.38 bits per heavy atom. The fourth-order valence-electron chi connectivity index (χ4n) is 2.55. The van der Waals surface area contributed by atoms with E-state index in [1.54, 1.807) is 36.0 Å². The molecule has 0 spiro atoms. The fraction of sp³-hybridized carbons (Fsp3) is 0.400. The largest absolute Gasteiger partial charge is 0.346 e. The normalized spacial score (nSPS) is 13.5. The summed E-state index contributed by atoms with van der Waals surface area (Å²) in [6, 6.07) is 5.32. The zero-order valence-corrected chi connectivity index (χ0v) is 15.0. The van der Waals surface area contributed by atoms with Crippen molar-refractivity contribution in [1.82, 2.24) is 24.9 Å². The van der Waals surface area contributed by atoms with Crippen LogP contribution in [-0.2, 0) is 19.6 Å². The van der Waals surface area contributed by atoms with Crippen LogP contribution in [0, 0.1) is 0 Å². The van der Waals surface area contributed by atoms with Gasteiger partial charge in [0, 0.05) is 20.6 Å². The maximum Gasteiger partial charge on any atom is 0.319 e. The number of amides is 3. The molecule has 0 saturated carbocycles. The summed E-state index contributed by atoms with van der Waals surface area (Å²) in [5, 5.41) is 7.33. The minimum Gasteiger partial charge on any atom is -0.346 e. The van der Waals surface area contributed by atoms with Gasteiger partial charge < -0.3 is 15.1 Å². The van der Waals surface area contributed by atoms with Crippen molar-refractivity contribution in [1.29, 1.82) is 0 Å². The summed E-state index contributed by atoms with van der Waals surface area (Å²) in [5.74, 6) is -0.165. The standard InChI is InChI=1S/C15H18ClN5O2S/c1-19(2)15(23)20-5-6-21-11(9-20)7-10(18-21)8-17-14(22)12-3-4-13(16)24-12/h3-4,7H,5-6,8-9H2,1-2H3,(H,17,22). The van der Waals surface area contributed by atoms with E-state index in [4.69, 9.17) is 11.6 Å². The molecule has 0 unspecified atom stereocenters. The van der Waals surface area contributed by atoms with Gasteiger partial charge in [0.25, 0.3) is 5.91 Å². The Bertz CT molecular complexity index is 770. The molecule has 9 heteroatoms. The number of aromatic nitrogens is 2. The Balaban J connectivity index is 1.61. The maximum atomic E-state index is 12.0. The lowest BCUT2D eigenvalue weighted by Gasteiger charge is -2.29. The molecule has 0 atom stereocenters. The number of nitrogens with one attached hydrogen (secondary N) is 1. The highest BCUT2D eigenvalue weighted by molar-refractivity contribution is 7.17. The molecule has 0 aromatic carbocycles. The van der Waals surface area contributed by atoms with Gasteiger partial charge >= 0.3 is 6.03 Å². The third-order valence-corrected chi connectivity index (χ3v) is 4.96. The van der Waals surface area contributed by atoms with Crippen molar-refractivity contribution in [2.75, 3.05) is 20.6 Å². The number of nitrogens with zero attached hydrogens (tertiary/aromatic N) is 4. The van der Waals surface area contributed by atoms with Gasteiger partial charge in [0.1, 0.15) is 0 Å². The SMILES string of the molecule is CN(C)C(=O)N1CCn2nc(CNC(=O)c3ccc(Cl)s3)cc2C1. The van der Waals surface area contributed by atoms with Crippen LogP contribution in [0.2, 0.25) is 4.34 Å². The lowest BCUT2D eigenvalue weighted by atomic mass is 10.3. The molecule has 2 aromatic rings. The number of rotatable bonds is 3. The Kier molecular flexibility index (Phi) is 4.77. The molecule has 0 aliphatic carbocycles. The minimum absolute atomic E-state index is 0.00752. The van der Waals surface area contributed by atoms with E-state index in [1.165, 1.54) is 11.3 Å². The average molecular weight is 368 g/mol. The first-order valence-electron chi connectivity index (χ1n) is 7.49. The Morgan fingerprint density at radius 3 is 2.83 bits per heavy atom. The lowest BCUT2D eigenvalue weighted by Crippen LogP contribution is -2.43. The second-order valence-electron chi connectivity index (χ2n) is 5.74. The number of hydrogen-bond acceptors (Lipinski definition) is 4. The molecule has 128 valence electrons. The summed E-state index contributed by atoms with van der Waals surface area (Å²) in [6.45, 7) is 2.16. The van der Waals surface area contributed by atoms with Crippen LogP contribution in [0.4, 0.5) is 4.79 Å². The zero-order chi connectivity index (χ0) is 17.3. The lowest BCUT2D eigenvalue weighted by molar-refractivity contribution is 0.0954. The van der Waals surface area contributed by atoms with Gasteiger partial charge in [-0.2, -0.15) is 5.10 Å². The first-order chi connectivity index (χ1) is 11.4. The van der Waals surface area contributed by atoms with Gasteiger partial charge in [-0.05, 0) is 18.2 Å². The van der Waals surface area contributed by atoms with Gasteiger partial charge in [-0.3, -0.25) is 9.48 Å². The molecule has 0 saturated heterocycles. The topological polar surface area (TPSA) is 70.5 Å². The fourth-order valence-corrected chi connectivity index (χ4v) is 3.51. The number of hydrogen-bond donors (Lipinski definition) is 1. The van der Waals surface area contributed by atoms with Gasteiger partial charge in [-0.15, -0.1) is 11.3 Å². The maximum absolute atomic E-state index is 12.0. The van der Waals surface area contributed by atoms with Crippen LogP contribution in [0.25, 0.3) is 0 Å². The van der Waals surface area contributed by atoms with E-state index in [-0.39, 0.29) is 11.9 Å². The molecule has 3 heterocycles. The molecule has 1 aliphatic rings. The van der Waals surface area contributed by atoms with Gasteiger partial charge in [0.2, 0.25) is 0 Å². The Morgan fingerprint density at radius 2 is 2.17 bits per heavy atom. The molecule has 3 amide bonds. The molecule has 0 radical (unpaired) electrons. The summed E-state index contributed by atoms with van der Waals surface area (Å²) in [4.78, 5) is 28.0. The van der Waals surface area contributed by atoms with Crippen LogP contribution >= 0.6 is 22.9 Å². The molecular weight excluding hydrogens is 350 g/mol. The van der Waals surface area contributed by atoms with Crippen LogP contribution in [0.1, 0.15) is 21.1 Å². The number of thiophene rings is 1. The summed E-state index contributed by atoms with van der Waals surface area (Å²) >= 11 is 7.08. The minimum atomic E-state index is -0.165. The van der Waals surface area contributed by atoms with Gasteiger partial charge in [0.15, 0.2) is 0 Å². The van der Waals surface area contributed by atoms with Gasteiger partial charge in [-0.1, -0.05) is 11.6 Å². The van der Waals surface area contributed by atoms with E-state index in [9.17, 15) is 9.59 Å². The highest BCUT2D eigenvalue weighted by Crippen LogP contribution is 2.21. The summed E-state index contributed by atoms with van der Waals surface area (Å²) < 4.78 is 2.48. The van der Waals surface area contributed by atoms with Crippen LogP contribution < -0.4 is 5.32 Å². The van der Waals surface area contributed by atoms with E-state index in [1.807, 2.05) is 10.7 Å². The van der Waals surface area contributed by atoms with Crippen molar-refractivity contribution in [3.05, 3.63) is 38.8 Å². The quantitative estimate of drug-likeness (QED) is 0.902. The van der Waals surface area contributed by atoms with E-state index < -0.39 is 0 Å². The highest BCUT2D eigenvalue weighted by Gasteiger charge is 2.23. The van der Waals surface area contributed by atoms with Crippen molar-refractivity contribution >= 4 is 34.9 Å². The molecule has 7 nitrogen and oxygen atoms in total. The molecule has 3 rings (SSSR count). The Hall–Kier alpha value is -2.06. The number of halogens is 1. The summed E-state index contributed by atoms with van der Waals surface area (Å²) in [7, 11) is 3.48. The highest BCUT2D eigenvalue weighted by atomic mass is 35.5. The first-order valence-corrected chi connectivity index (χ1v) is 8.69. The number of urea groups is 1. The predicted molar refractivity (Wildman–Crippen MR) is 92.2 cm³/mol. The average Bonchev–Trinajstić information content (AvgIpc) is 3.16. The van der Waals surface area contributed by atoms with Crippen LogP contribution in [-0.4, -0.2) is 52.2 Å². The van der Waals surface area contributed by atoms with E-state index >= 15 is 0 Å². The van der Waals surface area contributed by atoms with Crippen molar-refractivity contribution in [2.24, 2.45) is 0 Å². The number of carbonyl (C=O) groups is 2. The van der Waals surface area contributed by atoms with Crippen molar-refractivity contribution in [3.63, 3.8) is 0 Å². The van der Waals surface area contributed by atoms with Crippen LogP contribution in [0.5, 0.6) is 0 Å². The molecule has 24 heavy (non-hydrogen) atoms. The van der Waals surface area contributed by atoms with Crippen molar-refractivity contribution in [2.45, 2.75) is 19.6 Å². The summed E-state index contributed by atoms with van der Waals surface area (Å²) in [6.07, 6.45) is 0. The molecular formula is C15H18ClN5O2S. The van der Waals surface area contributed by atoms with Crippen molar-refractivity contribution < 1.29 is 9.59 Å². The second-order valence-corrected chi connectivity index (χ2v) is 7.45. The summed E-state index contributed by atoms with van der Waals surface area (Å²) in [5.41, 5.74) is 1.75. The second kappa shape index (κ2) is 6.82. The molecule has 2 aromatic heterocycles. The molecule has 0 fully saturated rings. The first kappa shape index (κ1) is 16.8. The van der Waals surface area contributed by atoms with Gasteiger partial charge in [-0.25, -0.2) is 4.79 Å². The number of carbonyl (C=O) groups excluding carboxylic acids is 2. The molecule has 1 aliphatic heterocycles. The third kappa shape index (κ3) is 3.54. The van der Waals surface area contributed by atoms with E-state index in [0.717, 1.165) is 11.4 Å². The van der Waals surface area contributed by atoms with Crippen molar-refractivity contribution in [3.8, 4) is 0 Å². The monoisotopic (exact) mass is 367 g/mol. The Labute approximate surface area is 148 Å². The third-order valence-electron chi connectivity index (χ3n) is 3.73. The van der Waals surface area contributed by atoms with Crippen LogP contribution in [0.3, 0.4) is 0 Å². The van der Waals surface area contributed by atoms with E-state index in [2.05, 4.69) is 10.4 Å². The smallest absolute Gasteiger partial charge is 0.319 e. The zero-order valence-electron chi connectivity index (χ0n) is 13.5. The molecule has 0 bridgehead atoms. The molecule has 1 N–H and O–H groups in total. The number of fused-ring (bicyclic) bond motifs is 1. The predicted octanol–water partition coefficient (Wildman–Crippen LogP) is 2.03. The van der Waals surface area contributed by atoms with E-state index in [0.29, 0.717) is 35.4 Å².